The fourth-order valence-electron chi connectivity index (χ4n) is 1.47. The standard InChI is InChI=1S/C8H13NO3/c1-12-8(11)7-4-2-3-5-9(7)6-10/h6-7H,2-5H2,1H3/t7-/m1/s1. The van der Waals surface area contributed by atoms with Crippen molar-refractivity contribution in [3.8, 4) is 0 Å². The SMILES string of the molecule is COC(=O)[C@H]1CCCCN1C=O. The zero-order valence-electron chi connectivity index (χ0n) is 7.16. The number of methoxy groups -OCH3 is 1. The first-order valence-corrected chi connectivity index (χ1v) is 4.08. The van der Waals surface area contributed by atoms with Crippen LogP contribution >= 0.6 is 0 Å². The maximum absolute atomic E-state index is 11.1. The molecule has 12 heavy (non-hydrogen) atoms. The zero-order chi connectivity index (χ0) is 8.97. The summed E-state index contributed by atoms with van der Waals surface area (Å²) < 4.78 is 4.58. The highest BCUT2D eigenvalue weighted by molar-refractivity contribution is 5.78. The number of esters is 1. The zero-order valence-corrected chi connectivity index (χ0v) is 7.16. The summed E-state index contributed by atoms with van der Waals surface area (Å²) in [5.41, 5.74) is 0. The molecule has 1 rings (SSSR count). The molecule has 1 saturated heterocycles. The Bertz CT molecular complexity index is 181. The van der Waals surface area contributed by atoms with Gasteiger partial charge in [0.15, 0.2) is 0 Å². The number of likely N-dealkylation sites (tertiary alicyclic amines) is 1. The molecule has 1 amide bonds. The molecule has 1 atom stereocenters. The molecule has 0 radical (unpaired) electrons. The average molecular weight is 171 g/mol. The summed E-state index contributed by atoms with van der Waals surface area (Å²) >= 11 is 0. The normalized spacial score (nSPS) is 23.4. The predicted octanol–water partition coefficient (Wildman–Crippen LogP) is 0.170. The lowest BCUT2D eigenvalue weighted by atomic mass is 10.0. The van der Waals surface area contributed by atoms with Gasteiger partial charge in [-0.2, -0.15) is 0 Å². The summed E-state index contributed by atoms with van der Waals surface area (Å²) in [6.07, 6.45) is 3.42. The molecule has 0 aromatic heterocycles. The Kier molecular flexibility index (Phi) is 3.08. The number of amides is 1. The highest BCUT2D eigenvalue weighted by Gasteiger charge is 2.27. The number of carbonyl (C=O) groups excluding carboxylic acids is 2. The number of piperidine rings is 1. The third-order valence-corrected chi connectivity index (χ3v) is 2.15. The van der Waals surface area contributed by atoms with Gasteiger partial charge in [0.05, 0.1) is 7.11 Å². The molecule has 0 bridgehead atoms. The van der Waals surface area contributed by atoms with Gasteiger partial charge in [-0.3, -0.25) is 4.79 Å². The van der Waals surface area contributed by atoms with Crippen molar-refractivity contribution in [1.82, 2.24) is 4.90 Å². The molecule has 0 spiro atoms. The molecule has 0 aromatic rings. The van der Waals surface area contributed by atoms with Crippen LogP contribution in [0, 0.1) is 0 Å². The number of carbonyl (C=O) groups is 2. The smallest absolute Gasteiger partial charge is 0.328 e. The van der Waals surface area contributed by atoms with Crippen molar-refractivity contribution in [2.24, 2.45) is 0 Å². The Hall–Kier alpha value is -1.06. The van der Waals surface area contributed by atoms with E-state index in [1.54, 1.807) is 0 Å². The van der Waals surface area contributed by atoms with Gasteiger partial charge in [0.2, 0.25) is 6.41 Å². The van der Waals surface area contributed by atoms with E-state index in [2.05, 4.69) is 4.74 Å². The fraction of sp³-hybridized carbons (Fsp3) is 0.750. The third-order valence-electron chi connectivity index (χ3n) is 2.15. The van der Waals surface area contributed by atoms with Crippen LogP contribution in [0.5, 0.6) is 0 Å². The van der Waals surface area contributed by atoms with Crippen molar-refractivity contribution in [3.63, 3.8) is 0 Å². The number of hydrogen-bond acceptors (Lipinski definition) is 3. The summed E-state index contributed by atoms with van der Waals surface area (Å²) in [5.74, 6) is -0.304. The van der Waals surface area contributed by atoms with Gasteiger partial charge in [-0.1, -0.05) is 0 Å². The molecule has 0 N–H and O–H groups in total. The molecule has 0 aliphatic carbocycles. The van der Waals surface area contributed by atoms with Crippen molar-refractivity contribution in [2.75, 3.05) is 13.7 Å². The highest BCUT2D eigenvalue weighted by Crippen LogP contribution is 2.15. The quantitative estimate of drug-likeness (QED) is 0.439. The van der Waals surface area contributed by atoms with Crippen LogP contribution < -0.4 is 0 Å². The molecule has 68 valence electrons. The van der Waals surface area contributed by atoms with Crippen LogP contribution in [0.25, 0.3) is 0 Å². The maximum Gasteiger partial charge on any atom is 0.328 e. The molecule has 4 nitrogen and oxygen atoms in total. The molecule has 1 heterocycles. The summed E-state index contributed by atoms with van der Waals surface area (Å²) in [5, 5.41) is 0. The Balaban J connectivity index is 2.58. The van der Waals surface area contributed by atoms with Crippen molar-refractivity contribution >= 4 is 12.4 Å². The Morgan fingerprint density at radius 1 is 1.58 bits per heavy atom. The summed E-state index contributed by atoms with van der Waals surface area (Å²) in [6, 6.07) is -0.346. The minimum atomic E-state index is -0.346. The van der Waals surface area contributed by atoms with E-state index in [1.807, 2.05) is 0 Å². The van der Waals surface area contributed by atoms with Crippen molar-refractivity contribution in [2.45, 2.75) is 25.3 Å². The Morgan fingerprint density at radius 2 is 2.33 bits per heavy atom. The van der Waals surface area contributed by atoms with Crippen LogP contribution in [-0.2, 0) is 14.3 Å². The predicted molar refractivity (Wildman–Crippen MR) is 42.4 cm³/mol. The van der Waals surface area contributed by atoms with Crippen LogP contribution in [0.15, 0.2) is 0 Å². The van der Waals surface area contributed by atoms with Gasteiger partial charge in [0, 0.05) is 6.54 Å². The average Bonchev–Trinajstić information content (AvgIpc) is 2.16. The number of rotatable bonds is 2. The molecule has 0 saturated carbocycles. The first-order chi connectivity index (χ1) is 5.79. The van der Waals surface area contributed by atoms with Gasteiger partial charge in [-0.25, -0.2) is 4.79 Å². The molecule has 0 unspecified atom stereocenters. The second-order valence-electron chi connectivity index (χ2n) is 2.88. The van der Waals surface area contributed by atoms with E-state index in [4.69, 9.17) is 0 Å². The first kappa shape index (κ1) is 9.03. The van der Waals surface area contributed by atoms with Gasteiger partial charge < -0.3 is 9.64 Å². The topological polar surface area (TPSA) is 46.6 Å². The van der Waals surface area contributed by atoms with Crippen LogP contribution in [0.4, 0.5) is 0 Å². The molecule has 1 fully saturated rings. The lowest BCUT2D eigenvalue weighted by molar-refractivity contribution is -0.151. The fourth-order valence-corrected chi connectivity index (χ4v) is 1.47. The van der Waals surface area contributed by atoms with Crippen molar-refractivity contribution in [1.29, 1.82) is 0 Å². The van der Waals surface area contributed by atoms with E-state index < -0.39 is 0 Å². The van der Waals surface area contributed by atoms with Crippen LogP contribution in [0.1, 0.15) is 19.3 Å². The maximum atomic E-state index is 11.1. The number of nitrogens with zero attached hydrogens (tertiary/aromatic N) is 1. The lowest BCUT2D eigenvalue weighted by Gasteiger charge is -2.30. The molecule has 1 aliphatic heterocycles. The largest absolute Gasteiger partial charge is 0.467 e. The second-order valence-corrected chi connectivity index (χ2v) is 2.88. The van der Waals surface area contributed by atoms with Crippen LogP contribution in [0.2, 0.25) is 0 Å². The van der Waals surface area contributed by atoms with Gasteiger partial charge >= 0.3 is 5.97 Å². The van der Waals surface area contributed by atoms with E-state index in [9.17, 15) is 9.59 Å². The van der Waals surface area contributed by atoms with E-state index in [1.165, 1.54) is 12.0 Å². The van der Waals surface area contributed by atoms with Gasteiger partial charge in [-0.15, -0.1) is 0 Å². The summed E-state index contributed by atoms with van der Waals surface area (Å²) in [6.45, 7) is 0.670. The minimum Gasteiger partial charge on any atom is -0.467 e. The minimum absolute atomic E-state index is 0.304. The second kappa shape index (κ2) is 4.09. The van der Waals surface area contributed by atoms with E-state index in [-0.39, 0.29) is 12.0 Å². The molecule has 1 aliphatic rings. The molecular formula is C8H13NO3. The molecule has 0 aromatic carbocycles. The van der Waals surface area contributed by atoms with E-state index >= 15 is 0 Å². The summed E-state index contributed by atoms with van der Waals surface area (Å²) in [7, 11) is 1.35. The Morgan fingerprint density at radius 3 is 2.92 bits per heavy atom. The third kappa shape index (κ3) is 1.75. The molecule has 4 heteroatoms. The number of hydrogen-bond donors (Lipinski definition) is 0. The Labute approximate surface area is 71.5 Å². The van der Waals surface area contributed by atoms with Crippen molar-refractivity contribution < 1.29 is 14.3 Å². The molecular weight excluding hydrogens is 158 g/mol. The lowest BCUT2D eigenvalue weighted by Crippen LogP contribution is -2.44. The van der Waals surface area contributed by atoms with E-state index in [0.29, 0.717) is 6.54 Å². The van der Waals surface area contributed by atoms with Crippen LogP contribution in [0.3, 0.4) is 0 Å². The monoisotopic (exact) mass is 171 g/mol. The number of ether oxygens (including phenoxy) is 1. The van der Waals surface area contributed by atoms with Gasteiger partial charge in [-0.05, 0) is 19.3 Å². The highest BCUT2D eigenvalue weighted by atomic mass is 16.5. The summed E-state index contributed by atoms with van der Waals surface area (Å²) in [4.78, 5) is 23.1. The van der Waals surface area contributed by atoms with E-state index in [0.717, 1.165) is 25.7 Å². The van der Waals surface area contributed by atoms with Gasteiger partial charge in [0.25, 0.3) is 0 Å². The van der Waals surface area contributed by atoms with Crippen LogP contribution in [-0.4, -0.2) is 37.0 Å². The van der Waals surface area contributed by atoms with Crippen molar-refractivity contribution in [3.05, 3.63) is 0 Å². The van der Waals surface area contributed by atoms with Gasteiger partial charge in [0.1, 0.15) is 6.04 Å². The first-order valence-electron chi connectivity index (χ1n) is 4.08.